The Morgan fingerprint density at radius 2 is 0.800 bits per heavy atom. The quantitative estimate of drug-likeness (QED) is 0.241. The van der Waals surface area contributed by atoms with Gasteiger partial charge in [0.1, 0.15) is 0 Å². The van der Waals surface area contributed by atoms with Crippen molar-refractivity contribution >= 4 is 31.9 Å². The fourth-order valence-corrected chi connectivity index (χ4v) is 3.59. The summed E-state index contributed by atoms with van der Waals surface area (Å²) in [5.41, 5.74) is 3.74. The Morgan fingerprint density at radius 3 is 1.17 bits per heavy atom. The Balaban J connectivity index is 1.37. The van der Waals surface area contributed by atoms with E-state index in [9.17, 15) is 0 Å². The molecule has 5 rings (SSSR count). The number of halogens is 2. The number of rotatable bonds is 4. The molecule has 30 heavy (non-hydrogen) atoms. The van der Waals surface area contributed by atoms with Gasteiger partial charge in [0, 0.05) is 31.2 Å². The van der Waals surface area contributed by atoms with E-state index in [1.807, 2.05) is 72.8 Å². The molecule has 0 bridgehead atoms. The molecule has 0 aliphatic heterocycles. The van der Waals surface area contributed by atoms with Gasteiger partial charge in [-0.1, -0.05) is 56.1 Å². The average Bonchev–Trinajstić information content (AvgIpc) is 3.45. The second kappa shape index (κ2) is 8.05. The van der Waals surface area contributed by atoms with E-state index in [2.05, 4.69) is 41.8 Å². The Bertz CT molecular complexity index is 1190. The molecule has 0 aliphatic rings. The first-order valence-corrected chi connectivity index (χ1v) is 10.8. The third-order valence-electron chi connectivity index (χ3n) is 4.65. The number of hydrogen-bond acceptors (Lipinski definition) is 4. The van der Waals surface area contributed by atoms with Crippen molar-refractivity contribution in [2.45, 2.75) is 0 Å². The fraction of sp³-hybridized carbons (Fsp3) is 0. The van der Waals surface area contributed by atoms with Gasteiger partial charge in [0.2, 0.25) is 11.8 Å². The van der Waals surface area contributed by atoms with Crippen LogP contribution in [0.15, 0.2) is 103 Å². The molecule has 3 aromatic carbocycles. The zero-order valence-corrected chi connectivity index (χ0v) is 18.7. The van der Waals surface area contributed by atoms with Crippen molar-refractivity contribution in [2.75, 3.05) is 0 Å². The minimum Gasteiger partial charge on any atom is -0.436 e. The van der Waals surface area contributed by atoms with E-state index < -0.39 is 0 Å². The van der Waals surface area contributed by atoms with Crippen LogP contribution in [0, 0.1) is 0 Å². The van der Waals surface area contributed by atoms with Gasteiger partial charge in [-0.05, 0) is 48.5 Å². The van der Waals surface area contributed by atoms with Gasteiger partial charge < -0.3 is 8.83 Å². The largest absolute Gasteiger partial charge is 0.436 e. The van der Waals surface area contributed by atoms with E-state index in [0.717, 1.165) is 42.7 Å². The van der Waals surface area contributed by atoms with Crippen molar-refractivity contribution in [1.29, 1.82) is 0 Å². The van der Waals surface area contributed by atoms with Crippen LogP contribution in [0.2, 0.25) is 0 Å². The predicted octanol–water partition coefficient (Wildman–Crippen LogP) is 7.86. The smallest absolute Gasteiger partial charge is 0.226 e. The van der Waals surface area contributed by atoms with Crippen molar-refractivity contribution in [3.63, 3.8) is 0 Å². The van der Waals surface area contributed by atoms with Gasteiger partial charge in [0.15, 0.2) is 11.5 Å². The van der Waals surface area contributed by atoms with Crippen molar-refractivity contribution < 1.29 is 8.83 Å². The minimum atomic E-state index is 0.572. The van der Waals surface area contributed by atoms with E-state index in [-0.39, 0.29) is 0 Å². The molecule has 0 unspecified atom stereocenters. The Morgan fingerprint density at radius 1 is 0.467 bits per heavy atom. The van der Waals surface area contributed by atoms with Gasteiger partial charge in [-0.2, -0.15) is 0 Å². The highest BCUT2D eigenvalue weighted by Gasteiger charge is 2.12. The molecule has 0 spiro atoms. The summed E-state index contributed by atoms with van der Waals surface area (Å²) in [4.78, 5) is 8.83. The van der Waals surface area contributed by atoms with E-state index in [1.54, 1.807) is 12.4 Å². The predicted molar refractivity (Wildman–Crippen MR) is 124 cm³/mol. The number of benzene rings is 3. The molecule has 6 heteroatoms. The molecule has 0 N–H and O–H groups in total. The van der Waals surface area contributed by atoms with Crippen LogP contribution in [-0.2, 0) is 0 Å². The van der Waals surface area contributed by atoms with Gasteiger partial charge in [-0.25, -0.2) is 9.97 Å². The molecule has 0 saturated carbocycles. The zero-order chi connectivity index (χ0) is 20.5. The van der Waals surface area contributed by atoms with Gasteiger partial charge in [0.05, 0.1) is 12.4 Å². The summed E-state index contributed by atoms with van der Waals surface area (Å²) in [6, 6.07) is 23.7. The van der Waals surface area contributed by atoms with Crippen LogP contribution >= 0.6 is 31.9 Å². The summed E-state index contributed by atoms with van der Waals surface area (Å²) >= 11 is 6.89. The lowest BCUT2D eigenvalue weighted by atomic mass is 10.1. The van der Waals surface area contributed by atoms with Gasteiger partial charge >= 0.3 is 0 Å². The van der Waals surface area contributed by atoms with Crippen LogP contribution in [0.1, 0.15) is 0 Å². The molecule has 0 fully saturated rings. The summed E-state index contributed by atoms with van der Waals surface area (Å²) in [6.45, 7) is 0. The number of nitrogens with zero attached hydrogens (tertiary/aromatic N) is 2. The lowest BCUT2D eigenvalue weighted by Crippen LogP contribution is -1.80. The van der Waals surface area contributed by atoms with Crippen molar-refractivity contribution in [3.05, 3.63) is 94.1 Å². The number of hydrogen-bond donors (Lipinski definition) is 0. The first-order chi connectivity index (χ1) is 14.7. The Kier molecular flexibility index (Phi) is 5.11. The van der Waals surface area contributed by atoms with Crippen molar-refractivity contribution in [1.82, 2.24) is 9.97 Å². The van der Waals surface area contributed by atoms with Crippen LogP contribution in [0.25, 0.3) is 45.6 Å². The van der Waals surface area contributed by atoms with E-state index >= 15 is 0 Å². The van der Waals surface area contributed by atoms with E-state index in [1.165, 1.54) is 0 Å². The van der Waals surface area contributed by atoms with Crippen LogP contribution in [0.3, 0.4) is 0 Å². The monoisotopic (exact) mass is 520 g/mol. The molecule has 0 radical (unpaired) electrons. The van der Waals surface area contributed by atoms with Gasteiger partial charge in [-0.15, -0.1) is 0 Å². The molecule has 0 atom stereocenters. The third kappa shape index (κ3) is 3.88. The Labute approximate surface area is 189 Å². The third-order valence-corrected chi connectivity index (χ3v) is 5.70. The highest BCUT2D eigenvalue weighted by atomic mass is 79.9. The summed E-state index contributed by atoms with van der Waals surface area (Å²) in [5.74, 6) is 2.60. The number of oxazole rings is 2. The standard InChI is InChI=1S/C24H14Br2N2O2/c25-19-9-5-15(6-10-19)21-13-27-23(29-21)17-1-2-18(4-3-17)24-28-14-22(30-24)16-7-11-20(26)12-8-16/h1-14H. The topological polar surface area (TPSA) is 52.1 Å². The first-order valence-electron chi connectivity index (χ1n) is 9.20. The zero-order valence-electron chi connectivity index (χ0n) is 15.5. The van der Waals surface area contributed by atoms with Gasteiger partial charge in [-0.3, -0.25) is 0 Å². The van der Waals surface area contributed by atoms with Gasteiger partial charge in [0.25, 0.3) is 0 Å². The van der Waals surface area contributed by atoms with Crippen LogP contribution in [0.5, 0.6) is 0 Å². The van der Waals surface area contributed by atoms with Crippen molar-refractivity contribution in [2.24, 2.45) is 0 Å². The molecular weight excluding hydrogens is 508 g/mol. The number of aromatic nitrogens is 2. The molecule has 4 nitrogen and oxygen atoms in total. The molecule has 2 heterocycles. The summed E-state index contributed by atoms with van der Waals surface area (Å²) in [6.07, 6.45) is 3.48. The summed E-state index contributed by atoms with van der Waals surface area (Å²) in [5, 5.41) is 0. The minimum absolute atomic E-state index is 0.572. The van der Waals surface area contributed by atoms with Crippen LogP contribution < -0.4 is 0 Å². The highest BCUT2D eigenvalue weighted by Crippen LogP contribution is 2.30. The lowest BCUT2D eigenvalue weighted by molar-refractivity contribution is 0.587. The van der Waals surface area contributed by atoms with E-state index in [0.29, 0.717) is 11.8 Å². The molecule has 2 aromatic heterocycles. The highest BCUT2D eigenvalue weighted by molar-refractivity contribution is 9.10. The Hall–Kier alpha value is -2.96. The molecule has 0 amide bonds. The SMILES string of the molecule is Brc1ccc(-c2cnc(-c3ccc(-c4ncc(-c5ccc(Br)cc5)o4)cc3)o2)cc1. The van der Waals surface area contributed by atoms with Crippen molar-refractivity contribution in [3.8, 4) is 45.6 Å². The van der Waals surface area contributed by atoms with Crippen LogP contribution in [0.4, 0.5) is 0 Å². The molecular formula is C24H14Br2N2O2. The fourth-order valence-electron chi connectivity index (χ4n) is 3.07. The van der Waals surface area contributed by atoms with E-state index in [4.69, 9.17) is 8.83 Å². The first kappa shape index (κ1) is 19.0. The second-order valence-corrected chi connectivity index (χ2v) is 8.48. The maximum atomic E-state index is 5.94. The normalized spacial score (nSPS) is 11.0. The molecule has 0 aliphatic carbocycles. The maximum Gasteiger partial charge on any atom is 0.226 e. The average molecular weight is 522 g/mol. The lowest BCUT2D eigenvalue weighted by Gasteiger charge is -2.00. The molecule has 5 aromatic rings. The second-order valence-electron chi connectivity index (χ2n) is 6.65. The maximum absolute atomic E-state index is 5.94. The van der Waals surface area contributed by atoms with Crippen LogP contribution in [-0.4, -0.2) is 9.97 Å². The summed E-state index contributed by atoms with van der Waals surface area (Å²) < 4.78 is 13.9. The summed E-state index contributed by atoms with van der Waals surface area (Å²) in [7, 11) is 0. The molecule has 0 saturated heterocycles. The molecule has 146 valence electrons.